The number of nitrogens with one attached hydrogen (secondary N) is 1. The summed E-state index contributed by atoms with van der Waals surface area (Å²) in [5.41, 5.74) is 7.00. The van der Waals surface area contributed by atoms with Crippen molar-refractivity contribution in [2.24, 2.45) is 5.92 Å². The van der Waals surface area contributed by atoms with Gasteiger partial charge in [0.25, 0.3) is 0 Å². The Morgan fingerprint density at radius 1 is 0.902 bits per heavy atom. The predicted octanol–water partition coefficient (Wildman–Crippen LogP) is 8.86. The molecular weight excluding hydrogens is 593 g/mol. The van der Waals surface area contributed by atoms with Crippen LogP contribution in [0.2, 0.25) is 15.1 Å². The van der Waals surface area contributed by atoms with Gasteiger partial charge in [-0.15, -0.1) is 0 Å². The number of benzene rings is 2. The molecule has 2 aliphatic heterocycles. The van der Waals surface area contributed by atoms with E-state index in [1.165, 1.54) is 12.8 Å². The molecule has 2 atom stereocenters. The summed E-state index contributed by atoms with van der Waals surface area (Å²) in [5.74, 6) is 0.752. The molecule has 2 aliphatic rings. The van der Waals surface area contributed by atoms with Crippen molar-refractivity contribution in [2.45, 2.75) is 45.7 Å². The molecule has 2 aromatic carbocycles. The van der Waals surface area contributed by atoms with Crippen LogP contribution < -0.4 is 15.1 Å². The van der Waals surface area contributed by atoms with E-state index in [2.05, 4.69) is 58.7 Å². The molecule has 2 fully saturated rings. The molecule has 2 unspecified atom stereocenters. The summed E-state index contributed by atoms with van der Waals surface area (Å²) in [4.78, 5) is 9.28. The van der Waals surface area contributed by atoms with E-state index in [1.807, 2.05) is 42.6 Å². The summed E-state index contributed by atoms with van der Waals surface area (Å²) in [5, 5.41) is 5.98. The van der Waals surface area contributed by atoms with Crippen LogP contribution >= 0.6 is 47.0 Å². The maximum absolute atomic E-state index is 6.97. The second kappa shape index (κ2) is 11.5. The van der Waals surface area contributed by atoms with E-state index < -0.39 is 0 Å². The van der Waals surface area contributed by atoms with Gasteiger partial charge in [0, 0.05) is 36.4 Å². The maximum Gasteiger partial charge on any atom is 0.174 e. The van der Waals surface area contributed by atoms with Gasteiger partial charge in [-0.05, 0) is 98.9 Å². The highest BCUT2D eigenvalue weighted by Crippen LogP contribution is 2.45. The van der Waals surface area contributed by atoms with E-state index in [0.717, 1.165) is 63.7 Å². The van der Waals surface area contributed by atoms with E-state index in [9.17, 15) is 0 Å². The normalized spacial score (nSPS) is 19.6. The lowest BCUT2D eigenvalue weighted by atomic mass is 9.96. The molecule has 6 rings (SSSR count). The minimum absolute atomic E-state index is 0.172. The molecule has 5 nitrogen and oxygen atoms in total. The van der Waals surface area contributed by atoms with Gasteiger partial charge in [-0.3, -0.25) is 4.98 Å². The van der Waals surface area contributed by atoms with Crippen molar-refractivity contribution in [1.29, 1.82) is 0 Å². The predicted molar refractivity (Wildman–Crippen MR) is 175 cm³/mol. The fourth-order valence-corrected chi connectivity index (χ4v) is 7.24. The van der Waals surface area contributed by atoms with Crippen LogP contribution in [0.5, 0.6) is 0 Å². The second-order valence-electron chi connectivity index (χ2n) is 11.0. The third-order valence-electron chi connectivity index (χ3n) is 8.39. The standard InChI is InChI=1S/C32H32Cl3N5S/c1-19-12-15-38(16-13-19)27-11-10-22(18-25(27)34)40-31(30(37-32(40)41)26-8-4-5-14-36-26)23-17-20(2)39(21(23)3)28-9-6-7-24(33)29(28)35/h4-11,14,17-19,30-31H,12-13,15-16H2,1-3H3,(H,37,41). The largest absolute Gasteiger partial charge is 0.370 e. The molecule has 1 N–H and O–H groups in total. The minimum Gasteiger partial charge on any atom is -0.370 e. The first-order valence-corrected chi connectivity index (χ1v) is 15.5. The zero-order valence-electron chi connectivity index (χ0n) is 23.2. The van der Waals surface area contributed by atoms with E-state index in [1.54, 1.807) is 6.07 Å². The lowest BCUT2D eigenvalue weighted by molar-refractivity contribution is 0.438. The molecule has 0 spiro atoms. The van der Waals surface area contributed by atoms with Crippen molar-refractivity contribution in [3.63, 3.8) is 0 Å². The molecule has 4 aromatic rings. The summed E-state index contributed by atoms with van der Waals surface area (Å²) in [6.07, 6.45) is 4.18. The van der Waals surface area contributed by atoms with Crippen molar-refractivity contribution in [3.05, 3.63) is 105 Å². The molecule has 0 saturated carbocycles. The van der Waals surface area contributed by atoms with E-state index in [0.29, 0.717) is 15.2 Å². The topological polar surface area (TPSA) is 36.3 Å². The highest BCUT2D eigenvalue weighted by atomic mass is 35.5. The van der Waals surface area contributed by atoms with Gasteiger partial charge in [-0.25, -0.2) is 0 Å². The van der Waals surface area contributed by atoms with Gasteiger partial charge in [0.05, 0.1) is 44.2 Å². The second-order valence-corrected chi connectivity index (χ2v) is 12.6. The summed E-state index contributed by atoms with van der Waals surface area (Å²) in [6, 6.07) is 19.9. The molecule has 0 radical (unpaired) electrons. The molecule has 212 valence electrons. The van der Waals surface area contributed by atoms with Gasteiger partial charge in [-0.1, -0.05) is 53.9 Å². The number of halogens is 3. The highest BCUT2D eigenvalue weighted by Gasteiger charge is 2.42. The van der Waals surface area contributed by atoms with Gasteiger partial charge in [0.2, 0.25) is 0 Å². The van der Waals surface area contributed by atoms with Gasteiger partial charge < -0.3 is 19.7 Å². The summed E-state index contributed by atoms with van der Waals surface area (Å²) < 4.78 is 2.16. The van der Waals surface area contributed by atoms with Crippen LogP contribution in [0.15, 0.2) is 66.9 Å². The number of aryl methyl sites for hydroxylation is 1. The van der Waals surface area contributed by atoms with Crippen LogP contribution in [0.4, 0.5) is 11.4 Å². The molecule has 9 heteroatoms. The first kappa shape index (κ1) is 28.4. The monoisotopic (exact) mass is 623 g/mol. The van der Waals surface area contributed by atoms with Crippen molar-refractivity contribution < 1.29 is 0 Å². The number of hydrogen-bond donors (Lipinski definition) is 1. The Bertz CT molecular complexity index is 1600. The Morgan fingerprint density at radius 2 is 1.68 bits per heavy atom. The number of thiocarbonyl (C=S) groups is 1. The Kier molecular flexibility index (Phi) is 7.94. The van der Waals surface area contributed by atoms with Gasteiger partial charge in [-0.2, -0.15) is 0 Å². The minimum atomic E-state index is -0.173. The van der Waals surface area contributed by atoms with Gasteiger partial charge in [0.1, 0.15) is 0 Å². The quantitative estimate of drug-likeness (QED) is 0.225. The molecule has 2 saturated heterocycles. The van der Waals surface area contributed by atoms with E-state index in [-0.39, 0.29) is 12.1 Å². The summed E-state index contributed by atoms with van der Waals surface area (Å²) >= 11 is 26.1. The molecule has 0 amide bonds. The summed E-state index contributed by atoms with van der Waals surface area (Å²) in [6.45, 7) is 8.55. The van der Waals surface area contributed by atoms with Gasteiger partial charge in [0.15, 0.2) is 5.11 Å². The first-order valence-electron chi connectivity index (χ1n) is 13.9. The smallest absolute Gasteiger partial charge is 0.174 e. The SMILES string of the molecule is Cc1cc(C2C(c3ccccn3)NC(=S)N2c2ccc(N3CCC(C)CC3)c(Cl)c2)c(C)n1-c1cccc(Cl)c1Cl. The zero-order valence-corrected chi connectivity index (χ0v) is 26.3. The Hall–Kier alpha value is -2.77. The Morgan fingerprint density at radius 3 is 2.39 bits per heavy atom. The lowest BCUT2D eigenvalue weighted by Gasteiger charge is -2.33. The number of hydrogen-bond acceptors (Lipinski definition) is 3. The van der Waals surface area contributed by atoms with Crippen LogP contribution in [-0.4, -0.2) is 27.8 Å². The highest BCUT2D eigenvalue weighted by molar-refractivity contribution is 7.80. The van der Waals surface area contributed by atoms with Crippen LogP contribution in [0.3, 0.4) is 0 Å². The van der Waals surface area contributed by atoms with Crippen molar-refractivity contribution in [3.8, 4) is 5.69 Å². The number of rotatable bonds is 5. The Balaban J connectivity index is 1.45. The van der Waals surface area contributed by atoms with Crippen LogP contribution in [0.1, 0.15) is 54.5 Å². The number of aromatic nitrogens is 2. The average Bonchev–Trinajstić information content (AvgIpc) is 3.46. The number of pyridine rings is 1. The number of anilines is 2. The lowest BCUT2D eigenvalue weighted by Crippen LogP contribution is -2.33. The first-order chi connectivity index (χ1) is 19.7. The third kappa shape index (κ3) is 5.20. The molecule has 0 aliphatic carbocycles. The molecule has 0 bridgehead atoms. The van der Waals surface area contributed by atoms with Crippen molar-refractivity contribution >= 4 is 63.5 Å². The molecule has 41 heavy (non-hydrogen) atoms. The van der Waals surface area contributed by atoms with E-state index in [4.69, 9.17) is 52.0 Å². The van der Waals surface area contributed by atoms with Crippen molar-refractivity contribution in [2.75, 3.05) is 22.9 Å². The van der Waals surface area contributed by atoms with Crippen LogP contribution in [0.25, 0.3) is 5.69 Å². The fraction of sp³-hybridized carbons (Fsp3) is 0.312. The zero-order chi connectivity index (χ0) is 28.8. The fourth-order valence-electron chi connectivity index (χ4n) is 6.22. The van der Waals surface area contributed by atoms with Crippen LogP contribution in [-0.2, 0) is 0 Å². The van der Waals surface area contributed by atoms with Crippen LogP contribution in [0, 0.1) is 19.8 Å². The number of piperidine rings is 1. The maximum atomic E-state index is 6.97. The Labute approximate surface area is 262 Å². The molecule has 2 aromatic heterocycles. The average molecular weight is 625 g/mol. The third-order valence-corrected chi connectivity index (χ3v) is 9.82. The summed E-state index contributed by atoms with van der Waals surface area (Å²) in [7, 11) is 0. The van der Waals surface area contributed by atoms with Crippen molar-refractivity contribution in [1.82, 2.24) is 14.9 Å². The number of nitrogens with zero attached hydrogens (tertiary/aromatic N) is 4. The van der Waals surface area contributed by atoms with Gasteiger partial charge >= 0.3 is 0 Å². The van der Waals surface area contributed by atoms with E-state index >= 15 is 0 Å². The molecular formula is C32H32Cl3N5S. The molecule has 4 heterocycles.